The Hall–Kier alpha value is -1.27. The highest BCUT2D eigenvalue weighted by Gasteiger charge is 2.15. The van der Waals surface area contributed by atoms with Crippen molar-refractivity contribution in [3.05, 3.63) is 57.7 Å². The molecule has 0 aliphatic rings. The van der Waals surface area contributed by atoms with Gasteiger partial charge in [-0.1, -0.05) is 12.1 Å². The number of anilines is 2. The maximum absolute atomic E-state index is 11.1. The van der Waals surface area contributed by atoms with E-state index in [9.17, 15) is 4.79 Å². The fourth-order valence-corrected chi connectivity index (χ4v) is 2.16. The van der Waals surface area contributed by atoms with E-state index < -0.39 is 5.97 Å². The molecule has 5 heteroatoms. The molecule has 0 bridgehead atoms. The molecular weight excluding hydrogens is 365 g/mol. The van der Waals surface area contributed by atoms with Gasteiger partial charge in [-0.25, -0.2) is 4.79 Å². The lowest BCUT2D eigenvalue weighted by atomic mass is 10.1. The van der Waals surface area contributed by atoms with Gasteiger partial charge in [0.05, 0.1) is 16.9 Å². The number of carboxylic acids is 1. The molecular formula is C13H9ClINO2. The summed E-state index contributed by atoms with van der Waals surface area (Å²) in [5.74, 6) is -0.998. The Morgan fingerprint density at radius 2 is 1.72 bits per heavy atom. The van der Waals surface area contributed by atoms with Crippen molar-refractivity contribution < 1.29 is 9.90 Å². The fraction of sp³-hybridized carbons (Fsp3) is 0. The van der Waals surface area contributed by atoms with Gasteiger partial charge in [-0.2, -0.15) is 0 Å². The van der Waals surface area contributed by atoms with Crippen molar-refractivity contribution in [2.75, 3.05) is 4.42 Å². The number of benzene rings is 2. The molecule has 1 N–H and O–H groups in total. The third-order valence-electron chi connectivity index (χ3n) is 2.40. The molecule has 0 saturated carbocycles. The predicted molar refractivity (Wildman–Crippen MR) is 80.6 cm³/mol. The van der Waals surface area contributed by atoms with Crippen LogP contribution in [0.15, 0.2) is 48.5 Å². The third-order valence-corrected chi connectivity index (χ3v) is 3.50. The van der Waals surface area contributed by atoms with E-state index in [1.54, 1.807) is 18.2 Å². The average molecular weight is 374 g/mol. The number of para-hydroxylation sites is 1. The summed E-state index contributed by atoms with van der Waals surface area (Å²) in [6.45, 7) is 0. The minimum atomic E-state index is -0.998. The number of rotatable bonds is 3. The summed E-state index contributed by atoms with van der Waals surface area (Å²) in [6, 6.07) is 14.1. The molecule has 2 rings (SSSR count). The normalized spacial score (nSPS) is 10.1. The molecule has 0 saturated heterocycles. The zero-order chi connectivity index (χ0) is 13.1. The van der Waals surface area contributed by atoms with Gasteiger partial charge in [0.1, 0.15) is 0 Å². The van der Waals surface area contributed by atoms with Crippen LogP contribution in [-0.2, 0) is 0 Å². The molecule has 0 heterocycles. The molecule has 3 nitrogen and oxygen atoms in total. The molecule has 0 fully saturated rings. The summed E-state index contributed by atoms with van der Waals surface area (Å²) in [5.41, 5.74) is 1.35. The number of hydrogen-bond acceptors (Lipinski definition) is 2. The van der Waals surface area contributed by atoms with E-state index in [0.717, 1.165) is 9.26 Å². The third kappa shape index (κ3) is 2.76. The highest BCUT2D eigenvalue weighted by Crippen LogP contribution is 2.30. The minimum absolute atomic E-state index is 0.172. The fourth-order valence-electron chi connectivity index (χ4n) is 1.54. The van der Waals surface area contributed by atoms with Crippen LogP contribution >= 0.6 is 34.4 Å². The Kier molecular flexibility index (Phi) is 4.08. The Morgan fingerprint density at radius 3 is 2.33 bits per heavy atom. The first-order valence-corrected chi connectivity index (χ1v) is 6.55. The van der Waals surface area contributed by atoms with Gasteiger partial charge in [0.2, 0.25) is 0 Å². The van der Waals surface area contributed by atoms with Crippen molar-refractivity contribution in [3.8, 4) is 0 Å². The Labute approximate surface area is 123 Å². The molecule has 0 unspecified atom stereocenters. The molecule has 92 valence electrons. The first-order chi connectivity index (χ1) is 8.59. The van der Waals surface area contributed by atoms with Gasteiger partial charge in [-0.3, -0.25) is 4.42 Å². The van der Waals surface area contributed by atoms with Gasteiger partial charge >= 0.3 is 5.97 Å². The van der Waals surface area contributed by atoms with Crippen LogP contribution in [0.3, 0.4) is 0 Å². The van der Waals surface area contributed by atoms with Crippen LogP contribution in [0.2, 0.25) is 0 Å². The van der Waals surface area contributed by atoms with E-state index in [2.05, 4.69) is 22.6 Å². The van der Waals surface area contributed by atoms with E-state index >= 15 is 0 Å². The van der Waals surface area contributed by atoms with Crippen LogP contribution in [0, 0.1) is 3.57 Å². The van der Waals surface area contributed by atoms with Crippen LogP contribution < -0.4 is 4.42 Å². The molecule has 0 radical (unpaired) electrons. The highest BCUT2D eigenvalue weighted by molar-refractivity contribution is 14.1. The van der Waals surface area contributed by atoms with E-state index in [1.165, 1.54) is 10.5 Å². The molecule has 0 amide bonds. The van der Waals surface area contributed by atoms with Crippen molar-refractivity contribution >= 4 is 51.7 Å². The second-order valence-electron chi connectivity index (χ2n) is 3.58. The summed E-state index contributed by atoms with van der Waals surface area (Å²) in [7, 11) is 0. The minimum Gasteiger partial charge on any atom is -0.478 e. The van der Waals surface area contributed by atoms with Gasteiger partial charge in [0, 0.05) is 15.3 Å². The van der Waals surface area contributed by atoms with E-state index in [0.29, 0.717) is 5.69 Å². The zero-order valence-corrected chi connectivity index (χ0v) is 12.1. The zero-order valence-electron chi connectivity index (χ0n) is 9.18. The Bertz CT molecular complexity index is 571. The van der Waals surface area contributed by atoms with Gasteiger partial charge in [0.25, 0.3) is 0 Å². The quantitative estimate of drug-likeness (QED) is 0.645. The second-order valence-corrected chi connectivity index (χ2v) is 5.16. The number of carbonyl (C=O) groups is 1. The molecule has 0 aromatic heterocycles. The van der Waals surface area contributed by atoms with Crippen molar-refractivity contribution in [3.63, 3.8) is 0 Å². The lowest BCUT2D eigenvalue weighted by Crippen LogP contribution is -2.08. The number of carboxylic acid groups (broad SMARTS) is 1. The molecule has 2 aromatic carbocycles. The van der Waals surface area contributed by atoms with E-state index in [4.69, 9.17) is 16.9 Å². The van der Waals surface area contributed by atoms with E-state index in [1.807, 2.05) is 24.3 Å². The highest BCUT2D eigenvalue weighted by atomic mass is 127. The maximum atomic E-state index is 11.1. The SMILES string of the molecule is O=C(O)c1ccccc1N(Cl)c1ccc(I)cc1. The first kappa shape index (κ1) is 13.2. The van der Waals surface area contributed by atoms with Crippen molar-refractivity contribution in [2.24, 2.45) is 0 Å². The van der Waals surface area contributed by atoms with Crippen LogP contribution in [0.25, 0.3) is 0 Å². The maximum Gasteiger partial charge on any atom is 0.337 e. The molecule has 0 spiro atoms. The predicted octanol–water partition coefficient (Wildman–Crippen LogP) is 4.28. The summed E-state index contributed by atoms with van der Waals surface area (Å²) >= 11 is 8.40. The lowest BCUT2D eigenvalue weighted by Gasteiger charge is -2.17. The van der Waals surface area contributed by atoms with Crippen molar-refractivity contribution in [1.29, 1.82) is 0 Å². The number of halogens is 2. The monoisotopic (exact) mass is 373 g/mol. The largest absolute Gasteiger partial charge is 0.478 e. The second kappa shape index (κ2) is 5.58. The number of hydrogen-bond donors (Lipinski definition) is 1. The Balaban J connectivity index is 2.42. The topological polar surface area (TPSA) is 40.5 Å². The number of aromatic carboxylic acids is 1. The first-order valence-electron chi connectivity index (χ1n) is 5.13. The van der Waals surface area contributed by atoms with Crippen LogP contribution in [0.5, 0.6) is 0 Å². The van der Waals surface area contributed by atoms with E-state index in [-0.39, 0.29) is 5.56 Å². The summed E-state index contributed by atoms with van der Waals surface area (Å²) in [6.07, 6.45) is 0. The van der Waals surface area contributed by atoms with Crippen molar-refractivity contribution in [1.82, 2.24) is 0 Å². The van der Waals surface area contributed by atoms with Gasteiger partial charge in [0.15, 0.2) is 0 Å². The Morgan fingerprint density at radius 1 is 1.11 bits per heavy atom. The molecule has 0 aliphatic carbocycles. The van der Waals surface area contributed by atoms with Gasteiger partial charge < -0.3 is 5.11 Å². The van der Waals surface area contributed by atoms with Crippen molar-refractivity contribution in [2.45, 2.75) is 0 Å². The summed E-state index contributed by atoms with van der Waals surface area (Å²) < 4.78 is 2.44. The van der Waals surface area contributed by atoms with Gasteiger partial charge in [-0.05, 0) is 59.0 Å². The molecule has 0 aliphatic heterocycles. The molecule has 18 heavy (non-hydrogen) atoms. The van der Waals surface area contributed by atoms with Crippen LogP contribution in [0.1, 0.15) is 10.4 Å². The summed E-state index contributed by atoms with van der Waals surface area (Å²) in [4.78, 5) is 11.1. The van der Waals surface area contributed by atoms with Crippen LogP contribution in [0.4, 0.5) is 11.4 Å². The lowest BCUT2D eigenvalue weighted by molar-refractivity contribution is 0.0698. The number of nitrogens with zero attached hydrogens (tertiary/aromatic N) is 1. The smallest absolute Gasteiger partial charge is 0.337 e. The summed E-state index contributed by atoms with van der Waals surface area (Å²) in [5, 5.41) is 9.12. The standard InChI is InChI=1S/C13H9ClINO2/c14-16(10-7-5-9(15)6-8-10)12-4-2-1-3-11(12)13(17)18/h1-8H,(H,17,18). The average Bonchev–Trinajstić information content (AvgIpc) is 2.39. The van der Waals surface area contributed by atoms with Crippen LogP contribution in [-0.4, -0.2) is 11.1 Å². The molecule has 2 aromatic rings. The van der Waals surface area contributed by atoms with Gasteiger partial charge in [-0.15, -0.1) is 0 Å². The molecule has 0 atom stereocenters.